The summed E-state index contributed by atoms with van der Waals surface area (Å²) >= 11 is 0. The van der Waals surface area contributed by atoms with Crippen molar-refractivity contribution < 1.29 is 14.0 Å². The lowest BCUT2D eigenvalue weighted by Crippen LogP contribution is -2.41. The van der Waals surface area contributed by atoms with Crippen LogP contribution in [0.2, 0.25) is 0 Å². The number of halogens is 1. The average Bonchev–Trinajstić information content (AvgIpc) is 2.69. The zero-order chi connectivity index (χ0) is 18.4. The zero-order valence-electron chi connectivity index (χ0n) is 14.3. The Kier molecular flexibility index (Phi) is 5.78. The zero-order valence-corrected chi connectivity index (χ0v) is 14.3. The predicted octanol–water partition coefficient (Wildman–Crippen LogP) is 2.19. The Balaban J connectivity index is 1.42. The molecule has 2 N–H and O–H groups in total. The maximum absolute atomic E-state index is 13.5. The quantitative estimate of drug-likeness (QED) is 0.824. The summed E-state index contributed by atoms with van der Waals surface area (Å²) in [5.41, 5.74) is 1.14. The van der Waals surface area contributed by atoms with Gasteiger partial charge in [0.05, 0.1) is 5.69 Å². The first-order valence-electron chi connectivity index (χ1n) is 8.62. The van der Waals surface area contributed by atoms with Crippen molar-refractivity contribution in [3.8, 4) is 0 Å². The van der Waals surface area contributed by atoms with Crippen LogP contribution in [0.4, 0.5) is 15.8 Å². The third-order valence-electron chi connectivity index (χ3n) is 4.52. The molecule has 0 radical (unpaired) electrons. The van der Waals surface area contributed by atoms with Crippen LogP contribution in [-0.4, -0.2) is 36.4 Å². The molecule has 136 valence electrons. The minimum Gasteiger partial charge on any atom is -0.371 e. The van der Waals surface area contributed by atoms with E-state index in [1.807, 2.05) is 12.1 Å². The summed E-state index contributed by atoms with van der Waals surface area (Å²) in [6.07, 6.45) is 5.40. The van der Waals surface area contributed by atoms with Crippen molar-refractivity contribution in [3.63, 3.8) is 0 Å². The summed E-state index contributed by atoms with van der Waals surface area (Å²) in [7, 11) is 0. The van der Waals surface area contributed by atoms with E-state index in [-0.39, 0.29) is 5.69 Å². The normalized spacial score (nSPS) is 14.7. The molecule has 7 heteroatoms. The summed E-state index contributed by atoms with van der Waals surface area (Å²) < 4.78 is 13.5. The van der Waals surface area contributed by atoms with Crippen molar-refractivity contribution in [2.75, 3.05) is 29.9 Å². The molecule has 26 heavy (non-hydrogen) atoms. The predicted molar refractivity (Wildman–Crippen MR) is 97.2 cm³/mol. The van der Waals surface area contributed by atoms with Crippen LogP contribution in [-0.2, 0) is 9.59 Å². The number of nitrogens with zero attached hydrogens (tertiary/aromatic N) is 2. The third-order valence-corrected chi connectivity index (χ3v) is 4.52. The fourth-order valence-corrected chi connectivity index (χ4v) is 3.01. The number of anilines is 2. The van der Waals surface area contributed by atoms with Crippen LogP contribution in [0, 0.1) is 11.7 Å². The number of hydrogen-bond donors (Lipinski definition) is 2. The lowest BCUT2D eigenvalue weighted by atomic mass is 9.96. The van der Waals surface area contributed by atoms with Gasteiger partial charge in [-0.2, -0.15) is 0 Å². The van der Waals surface area contributed by atoms with Gasteiger partial charge in [-0.3, -0.25) is 14.6 Å². The van der Waals surface area contributed by atoms with E-state index in [1.165, 1.54) is 18.2 Å². The molecule has 1 aromatic carbocycles. The van der Waals surface area contributed by atoms with Crippen LogP contribution >= 0.6 is 0 Å². The summed E-state index contributed by atoms with van der Waals surface area (Å²) in [4.78, 5) is 30.1. The molecular formula is C19H21FN4O2. The molecule has 0 aliphatic carbocycles. The highest BCUT2D eigenvalue weighted by atomic mass is 19.1. The molecule has 2 amide bonds. The molecule has 0 atom stereocenters. The topological polar surface area (TPSA) is 74.3 Å². The number of hydrogen-bond acceptors (Lipinski definition) is 4. The number of aromatic nitrogens is 1. The summed E-state index contributed by atoms with van der Waals surface area (Å²) in [5.74, 6) is -1.86. The molecule has 1 fully saturated rings. The van der Waals surface area contributed by atoms with Crippen LogP contribution in [0.1, 0.15) is 12.8 Å². The number of rotatable bonds is 4. The Morgan fingerprint density at radius 3 is 2.46 bits per heavy atom. The minimum atomic E-state index is -0.857. The van der Waals surface area contributed by atoms with Gasteiger partial charge in [-0.1, -0.05) is 12.1 Å². The van der Waals surface area contributed by atoms with Crippen LogP contribution in [0.25, 0.3) is 0 Å². The van der Waals surface area contributed by atoms with Crippen molar-refractivity contribution in [2.45, 2.75) is 12.8 Å². The van der Waals surface area contributed by atoms with Crippen LogP contribution in [0.15, 0.2) is 48.8 Å². The Morgan fingerprint density at radius 1 is 1.08 bits per heavy atom. The van der Waals surface area contributed by atoms with E-state index in [4.69, 9.17) is 0 Å². The third kappa shape index (κ3) is 4.56. The number of para-hydroxylation sites is 1. The maximum atomic E-state index is 13.5. The molecule has 0 spiro atoms. The second-order valence-electron chi connectivity index (χ2n) is 6.28. The highest BCUT2D eigenvalue weighted by Crippen LogP contribution is 2.22. The summed E-state index contributed by atoms with van der Waals surface area (Å²) in [5, 5.41) is 4.93. The molecule has 6 nitrogen and oxygen atoms in total. The summed E-state index contributed by atoms with van der Waals surface area (Å²) in [6.45, 7) is 2.23. The number of piperidine rings is 1. The summed E-state index contributed by atoms with van der Waals surface area (Å²) in [6, 6.07) is 9.71. The molecular weight excluding hydrogens is 335 g/mol. The van der Waals surface area contributed by atoms with Crippen molar-refractivity contribution in [2.24, 2.45) is 5.92 Å². The molecule has 0 bridgehead atoms. The van der Waals surface area contributed by atoms with E-state index in [1.54, 1.807) is 18.5 Å². The van der Waals surface area contributed by atoms with E-state index < -0.39 is 17.6 Å². The van der Waals surface area contributed by atoms with Gasteiger partial charge in [0.25, 0.3) is 0 Å². The molecule has 2 aromatic rings. The second-order valence-corrected chi connectivity index (χ2v) is 6.28. The number of carbonyl (C=O) groups excluding carboxylic acids is 2. The number of carbonyl (C=O) groups is 2. The highest BCUT2D eigenvalue weighted by molar-refractivity contribution is 6.39. The van der Waals surface area contributed by atoms with Gasteiger partial charge in [0.1, 0.15) is 5.82 Å². The van der Waals surface area contributed by atoms with Gasteiger partial charge in [0.15, 0.2) is 0 Å². The standard InChI is InChI=1S/C19H21FN4O2/c20-16-3-1-2-4-17(16)23-19(26)18(25)22-13-14-7-11-24(12-8-14)15-5-9-21-10-6-15/h1-6,9-10,14H,7-8,11-13H2,(H,22,25)(H,23,26). The molecule has 3 rings (SSSR count). The number of nitrogens with one attached hydrogen (secondary N) is 2. The first-order valence-corrected chi connectivity index (χ1v) is 8.62. The smallest absolute Gasteiger partial charge is 0.313 e. The Bertz CT molecular complexity index is 761. The molecule has 0 unspecified atom stereocenters. The molecule has 1 saturated heterocycles. The SMILES string of the molecule is O=C(NCC1CCN(c2ccncc2)CC1)C(=O)Nc1ccccc1F. The fraction of sp³-hybridized carbons (Fsp3) is 0.316. The van der Waals surface area contributed by atoms with Gasteiger partial charge in [-0.15, -0.1) is 0 Å². The first-order chi connectivity index (χ1) is 12.6. The van der Waals surface area contributed by atoms with Crippen molar-refractivity contribution in [1.82, 2.24) is 10.3 Å². The maximum Gasteiger partial charge on any atom is 0.313 e. The van der Waals surface area contributed by atoms with Crippen molar-refractivity contribution >= 4 is 23.2 Å². The first kappa shape index (κ1) is 17.8. The number of amides is 2. The monoisotopic (exact) mass is 356 g/mol. The largest absolute Gasteiger partial charge is 0.371 e. The van der Waals surface area contributed by atoms with Crippen molar-refractivity contribution in [1.29, 1.82) is 0 Å². The van der Waals surface area contributed by atoms with Gasteiger partial charge in [0.2, 0.25) is 0 Å². The van der Waals surface area contributed by atoms with Crippen LogP contribution in [0.5, 0.6) is 0 Å². The fourth-order valence-electron chi connectivity index (χ4n) is 3.01. The van der Waals surface area contributed by atoms with E-state index >= 15 is 0 Å². The van der Waals surface area contributed by atoms with E-state index in [0.717, 1.165) is 31.6 Å². The Labute approximate surface area is 151 Å². The van der Waals surface area contributed by atoms with Crippen LogP contribution < -0.4 is 15.5 Å². The molecule has 1 aromatic heterocycles. The molecule has 1 aliphatic rings. The highest BCUT2D eigenvalue weighted by Gasteiger charge is 2.22. The van der Waals surface area contributed by atoms with Crippen LogP contribution in [0.3, 0.4) is 0 Å². The minimum absolute atomic E-state index is 0.00157. The number of benzene rings is 1. The van der Waals surface area contributed by atoms with E-state index in [0.29, 0.717) is 12.5 Å². The second kappa shape index (κ2) is 8.42. The van der Waals surface area contributed by atoms with Gasteiger partial charge in [-0.25, -0.2) is 4.39 Å². The van der Waals surface area contributed by atoms with E-state index in [9.17, 15) is 14.0 Å². The van der Waals surface area contributed by atoms with E-state index in [2.05, 4.69) is 20.5 Å². The van der Waals surface area contributed by atoms with Gasteiger partial charge < -0.3 is 15.5 Å². The van der Waals surface area contributed by atoms with Gasteiger partial charge in [-0.05, 0) is 43.0 Å². The Morgan fingerprint density at radius 2 is 1.77 bits per heavy atom. The lowest BCUT2D eigenvalue weighted by molar-refractivity contribution is -0.136. The molecule has 0 saturated carbocycles. The molecule has 2 heterocycles. The average molecular weight is 356 g/mol. The van der Waals surface area contributed by atoms with Gasteiger partial charge >= 0.3 is 11.8 Å². The van der Waals surface area contributed by atoms with Gasteiger partial charge in [0, 0.05) is 37.7 Å². The Hall–Kier alpha value is -2.96. The number of pyridine rings is 1. The molecule has 1 aliphatic heterocycles. The van der Waals surface area contributed by atoms with Crippen molar-refractivity contribution in [3.05, 3.63) is 54.6 Å². The lowest BCUT2D eigenvalue weighted by Gasteiger charge is -2.33.